The lowest BCUT2D eigenvalue weighted by Gasteiger charge is -2.10. The van der Waals surface area contributed by atoms with Crippen LogP contribution in [0.2, 0.25) is 0 Å². The smallest absolute Gasteiger partial charge is 0.421 e. The van der Waals surface area contributed by atoms with Crippen LogP contribution in [0.25, 0.3) is 0 Å². The van der Waals surface area contributed by atoms with Gasteiger partial charge in [0.1, 0.15) is 0 Å². The summed E-state index contributed by atoms with van der Waals surface area (Å²) in [6.07, 6.45) is 1.63. The van der Waals surface area contributed by atoms with Crippen molar-refractivity contribution in [3.8, 4) is 0 Å². The maximum absolute atomic E-state index is 12.1. The van der Waals surface area contributed by atoms with E-state index in [1.807, 2.05) is 10.8 Å². The second kappa shape index (κ2) is 4.97. The number of carbonyl (C=O) groups excluding carboxylic acids is 1. The van der Waals surface area contributed by atoms with E-state index in [9.17, 15) is 13.2 Å². The first-order valence-corrected chi connectivity index (χ1v) is 7.33. The Hall–Kier alpha value is -1.56. The molecule has 18 heavy (non-hydrogen) atoms. The summed E-state index contributed by atoms with van der Waals surface area (Å²) in [5.74, 6) is 0. The lowest BCUT2D eigenvalue weighted by atomic mass is 10.1. The second-order valence-corrected chi connectivity index (χ2v) is 5.72. The van der Waals surface area contributed by atoms with Crippen LogP contribution in [-0.4, -0.2) is 21.1 Å². The topological polar surface area (TPSA) is 72.5 Å². The fourth-order valence-corrected chi connectivity index (χ4v) is 3.37. The summed E-state index contributed by atoms with van der Waals surface area (Å²) in [5.41, 5.74) is 1.86. The largest absolute Gasteiger partial charge is 0.449 e. The summed E-state index contributed by atoms with van der Waals surface area (Å²) in [7, 11) is -3.83. The minimum Gasteiger partial charge on any atom is -0.449 e. The van der Waals surface area contributed by atoms with Crippen molar-refractivity contribution in [3.05, 3.63) is 29.3 Å². The number of nitrogens with one attached hydrogen (secondary N) is 1. The molecule has 2 rings (SSSR count). The molecule has 1 aliphatic rings. The van der Waals surface area contributed by atoms with Crippen LogP contribution in [0.1, 0.15) is 24.5 Å². The van der Waals surface area contributed by atoms with E-state index in [2.05, 4.69) is 4.74 Å². The van der Waals surface area contributed by atoms with Crippen LogP contribution in [0, 0.1) is 0 Å². The minimum atomic E-state index is -3.83. The molecule has 0 radical (unpaired) electrons. The zero-order chi connectivity index (χ0) is 13.2. The van der Waals surface area contributed by atoms with Gasteiger partial charge in [-0.3, -0.25) is 0 Å². The fourth-order valence-electron chi connectivity index (χ4n) is 2.16. The van der Waals surface area contributed by atoms with E-state index in [0.717, 1.165) is 30.4 Å². The number of ether oxygens (including phenoxy) is 1. The predicted molar refractivity (Wildman–Crippen MR) is 65.8 cm³/mol. The zero-order valence-corrected chi connectivity index (χ0v) is 10.9. The van der Waals surface area contributed by atoms with Gasteiger partial charge in [-0.2, -0.15) is 0 Å². The summed E-state index contributed by atoms with van der Waals surface area (Å²) >= 11 is 0. The first kappa shape index (κ1) is 12.9. The van der Waals surface area contributed by atoms with E-state index in [-0.39, 0.29) is 11.5 Å². The summed E-state index contributed by atoms with van der Waals surface area (Å²) in [6.45, 7) is 1.75. The van der Waals surface area contributed by atoms with Gasteiger partial charge in [-0.25, -0.2) is 17.9 Å². The summed E-state index contributed by atoms with van der Waals surface area (Å²) in [5, 5.41) is 0. The van der Waals surface area contributed by atoms with Crippen molar-refractivity contribution < 1.29 is 17.9 Å². The van der Waals surface area contributed by atoms with Crippen molar-refractivity contribution in [2.24, 2.45) is 0 Å². The summed E-state index contributed by atoms with van der Waals surface area (Å²) < 4.78 is 30.6. The van der Waals surface area contributed by atoms with Gasteiger partial charge in [0.2, 0.25) is 0 Å². The molecule has 1 aromatic rings. The third-order valence-corrected chi connectivity index (χ3v) is 4.28. The number of rotatable bonds is 3. The number of aryl methyl sites for hydroxylation is 1. The van der Waals surface area contributed by atoms with Gasteiger partial charge in [-0.15, -0.1) is 0 Å². The van der Waals surface area contributed by atoms with Gasteiger partial charge in [0, 0.05) is 0 Å². The van der Waals surface area contributed by atoms with Crippen molar-refractivity contribution in [3.63, 3.8) is 0 Å². The van der Waals surface area contributed by atoms with Crippen LogP contribution in [0.4, 0.5) is 4.79 Å². The van der Waals surface area contributed by atoms with Gasteiger partial charge in [0.05, 0.1) is 11.5 Å². The van der Waals surface area contributed by atoms with Gasteiger partial charge < -0.3 is 4.74 Å². The summed E-state index contributed by atoms with van der Waals surface area (Å²) in [4.78, 5) is 11.4. The second-order valence-electron chi connectivity index (χ2n) is 4.07. The van der Waals surface area contributed by atoms with Gasteiger partial charge in [-0.1, -0.05) is 12.1 Å². The maximum Gasteiger partial charge on any atom is 0.421 e. The molecule has 0 spiro atoms. The van der Waals surface area contributed by atoms with E-state index in [0.29, 0.717) is 0 Å². The Morgan fingerprint density at radius 2 is 2.17 bits per heavy atom. The maximum atomic E-state index is 12.1. The van der Waals surface area contributed by atoms with Crippen LogP contribution in [0.15, 0.2) is 23.1 Å². The SMILES string of the molecule is CCOC(=O)NS(=O)(=O)c1cccc2c1CCC2. The molecule has 98 valence electrons. The Morgan fingerprint density at radius 1 is 1.39 bits per heavy atom. The van der Waals surface area contributed by atoms with Crippen molar-refractivity contribution >= 4 is 16.1 Å². The number of fused-ring (bicyclic) bond motifs is 1. The first-order valence-electron chi connectivity index (χ1n) is 5.85. The van der Waals surface area contributed by atoms with E-state index < -0.39 is 16.1 Å². The molecule has 0 heterocycles. The van der Waals surface area contributed by atoms with E-state index in [1.54, 1.807) is 13.0 Å². The lowest BCUT2D eigenvalue weighted by molar-refractivity contribution is 0.158. The van der Waals surface area contributed by atoms with Gasteiger partial charge >= 0.3 is 6.09 Å². The number of carbonyl (C=O) groups is 1. The van der Waals surface area contributed by atoms with Crippen molar-refractivity contribution in [2.75, 3.05) is 6.61 Å². The Bertz CT molecular complexity index is 565. The molecule has 0 atom stereocenters. The van der Waals surface area contributed by atoms with Crippen LogP contribution in [-0.2, 0) is 27.6 Å². The first-order chi connectivity index (χ1) is 8.54. The molecule has 1 aliphatic carbocycles. The number of sulfonamides is 1. The molecule has 0 unspecified atom stereocenters. The molecule has 0 aliphatic heterocycles. The van der Waals surface area contributed by atoms with Crippen molar-refractivity contribution in [1.82, 2.24) is 4.72 Å². The van der Waals surface area contributed by atoms with Gasteiger partial charge in [-0.05, 0) is 43.4 Å². The monoisotopic (exact) mass is 269 g/mol. The van der Waals surface area contributed by atoms with Crippen molar-refractivity contribution in [2.45, 2.75) is 31.1 Å². The van der Waals surface area contributed by atoms with Gasteiger partial charge in [0.15, 0.2) is 0 Å². The van der Waals surface area contributed by atoms with E-state index in [1.165, 1.54) is 6.07 Å². The van der Waals surface area contributed by atoms with E-state index >= 15 is 0 Å². The number of amides is 1. The zero-order valence-electron chi connectivity index (χ0n) is 10.1. The van der Waals surface area contributed by atoms with Gasteiger partial charge in [0.25, 0.3) is 10.0 Å². The van der Waals surface area contributed by atoms with E-state index in [4.69, 9.17) is 0 Å². The number of hydrogen-bond acceptors (Lipinski definition) is 4. The predicted octanol–water partition coefficient (Wildman–Crippen LogP) is 1.61. The number of benzene rings is 1. The molecule has 1 amide bonds. The highest BCUT2D eigenvalue weighted by Gasteiger charge is 2.25. The fraction of sp³-hybridized carbons (Fsp3) is 0.417. The normalized spacial score (nSPS) is 14.1. The van der Waals surface area contributed by atoms with Crippen molar-refractivity contribution in [1.29, 1.82) is 0 Å². The molecule has 0 fully saturated rings. The lowest BCUT2D eigenvalue weighted by Crippen LogP contribution is -2.31. The third kappa shape index (κ3) is 2.48. The Labute approximate surface area is 106 Å². The molecule has 1 N–H and O–H groups in total. The average Bonchev–Trinajstić information content (AvgIpc) is 2.75. The molecule has 0 saturated heterocycles. The Kier molecular flexibility index (Phi) is 3.56. The van der Waals surface area contributed by atoms with Crippen LogP contribution in [0.3, 0.4) is 0 Å². The molecule has 1 aromatic carbocycles. The standard InChI is InChI=1S/C12H15NO4S/c1-2-17-12(14)13-18(15,16)11-8-4-6-9-5-3-7-10(9)11/h4,6,8H,2-3,5,7H2,1H3,(H,13,14). The molecule has 5 nitrogen and oxygen atoms in total. The van der Waals surface area contributed by atoms with Crippen LogP contribution in [0.5, 0.6) is 0 Å². The molecule has 0 aromatic heterocycles. The number of hydrogen-bond donors (Lipinski definition) is 1. The van der Waals surface area contributed by atoms with Crippen LogP contribution < -0.4 is 4.72 Å². The minimum absolute atomic E-state index is 0.133. The third-order valence-electron chi connectivity index (χ3n) is 2.89. The molecular weight excluding hydrogens is 254 g/mol. The molecular formula is C12H15NO4S. The molecule has 0 saturated carbocycles. The molecule has 6 heteroatoms. The average molecular weight is 269 g/mol. The summed E-state index contributed by atoms with van der Waals surface area (Å²) in [6, 6.07) is 5.14. The highest BCUT2D eigenvalue weighted by Crippen LogP contribution is 2.27. The Morgan fingerprint density at radius 3 is 2.89 bits per heavy atom. The highest BCUT2D eigenvalue weighted by molar-refractivity contribution is 7.90. The Balaban J connectivity index is 2.31. The van der Waals surface area contributed by atoms with Crippen LogP contribution >= 0.6 is 0 Å². The molecule has 0 bridgehead atoms. The quantitative estimate of drug-likeness (QED) is 0.904. The highest BCUT2D eigenvalue weighted by atomic mass is 32.2.